The maximum atomic E-state index is 13.3. The van der Waals surface area contributed by atoms with Gasteiger partial charge in [-0.15, -0.1) is 11.3 Å². The standard InChI is InChI=1S/C23H17NO5S/c1-27-17-11-9-14(10-12-17)20-19(21(25)18-4-3-13-30-18)22(29-24-20)15-5-7-16(8-6-15)23(26)28-2/h3-13H,1-2H3. The molecule has 6 nitrogen and oxygen atoms in total. The molecule has 7 heteroatoms. The fourth-order valence-corrected chi connectivity index (χ4v) is 3.72. The maximum absolute atomic E-state index is 13.3. The highest BCUT2D eigenvalue weighted by atomic mass is 32.1. The van der Waals surface area contributed by atoms with Gasteiger partial charge in [-0.25, -0.2) is 4.79 Å². The minimum atomic E-state index is -0.437. The van der Waals surface area contributed by atoms with Gasteiger partial charge in [0.05, 0.1) is 30.2 Å². The lowest BCUT2D eigenvalue weighted by Crippen LogP contribution is -2.02. The van der Waals surface area contributed by atoms with Crippen LogP contribution in [0, 0.1) is 0 Å². The first-order chi connectivity index (χ1) is 14.6. The molecule has 0 aliphatic carbocycles. The number of carbonyl (C=O) groups excluding carboxylic acids is 2. The molecular weight excluding hydrogens is 402 g/mol. The highest BCUT2D eigenvalue weighted by Crippen LogP contribution is 2.35. The van der Waals surface area contributed by atoms with E-state index in [1.54, 1.807) is 49.6 Å². The highest BCUT2D eigenvalue weighted by molar-refractivity contribution is 7.12. The number of ether oxygens (including phenoxy) is 2. The van der Waals surface area contributed by atoms with E-state index >= 15 is 0 Å². The molecule has 0 spiro atoms. The number of nitrogens with zero attached hydrogens (tertiary/aromatic N) is 1. The number of ketones is 1. The quantitative estimate of drug-likeness (QED) is 0.320. The second kappa shape index (κ2) is 8.34. The minimum Gasteiger partial charge on any atom is -0.497 e. The van der Waals surface area contributed by atoms with Crippen molar-refractivity contribution in [2.24, 2.45) is 0 Å². The van der Waals surface area contributed by atoms with Gasteiger partial charge in [-0.2, -0.15) is 0 Å². The highest BCUT2D eigenvalue weighted by Gasteiger charge is 2.26. The van der Waals surface area contributed by atoms with Crippen LogP contribution >= 0.6 is 11.3 Å². The van der Waals surface area contributed by atoms with Crippen LogP contribution in [0.2, 0.25) is 0 Å². The lowest BCUT2D eigenvalue weighted by atomic mass is 9.98. The number of carbonyl (C=O) groups is 2. The van der Waals surface area contributed by atoms with Crippen molar-refractivity contribution in [2.45, 2.75) is 0 Å². The molecule has 2 aromatic heterocycles. The second-order valence-electron chi connectivity index (χ2n) is 6.34. The Labute approximate surface area is 176 Å². The van der Waals surface area contributed by atoms with Crippen molar-refractivity contribution in [2.75, 3.05) is 14.2 Å². The smallest absolute Gasteiger partial charge is 0.337 e. The van der Waals surface area contributed by atoms with Gasteiger partial charge in [-0.05, 0) is 47.8 Å². The van der Waals surface area contributed by atoms with Gasteiger partial charge < -0.3 is 14.0 Å². The summed E-state index contributed by atoms with van der Waals surface area (Å²) in [5.74, 6) is 0.430. The minimum absolute atomic E-state index is 0.177. The van der Waals surface area contributed by atoms with Crippen LogP contribution in [0.3, 0.4) is 0 Å². The molecule has 0 bridgehead atoms. The van der Waals surface area contributed by atoms with E-state index in [-0.39, 0.29) is 5.78 Å². The monoisotopic (exact) mass is 419 g/mol. The van der Waals surface area contributed by atoms with Crippen LogP contribution in [0.4, 0.5) is 0 Å². The molecule has 0 fully saturated rings. The number of esters is 1. The Hall–Kier alpha value is -3.71. The summed E-state index contributed by atoms with van der Waals surface area (Å²) in [4.78, 5) is 25.6. The molecule has 4 aromatic rings. The largest absolute Gasteiger partial charge is 0.497 e. The van der Waals surface area contributed by atoms with Gasteiger partial charge in [0, 0.05) is 11.1 Å². The molecule has 0 saturated heterocycles. The van der Waals surface area contributed by atoms with Crippen molar-refractivity contribution in [1.29, 1.82) is 0 Å². The van der Waals surface area contributed by atoms with E-state index in [1.807, 2.05) is 23.6 Å². The normalized spacial score (nSPS) is 10.6. The number of aromatic nitrogens is 1. The number of methoxy groups -OCH3 is 2. The van der Waals surface area contributed by atoms with E-state index in [2.05, 4.69) is 5.16 Å². The van der Waals surface area contributed by atoms with Crippen molar-refractivity contribution in [3.63, 3.8) is 0 Å². The molecule has 0 N–H and O–H groups in total. The Kier molecular flexibility index (Phi) is 5.45. The van der Waals surface area contributed by atoms with Crippen LogP contribution in [0.25, 0.3) is 22.6 Å². The van der Waals surface area contributed by atoms with Crippen molar-refractivity contribution in [3.8, 4) is 28.3 Å². The number of thiophene rings is 1. The fraction of sp³-hybridized carbons (Fsp3) is 0.0870. The number of hydrogen-bond donors (Lipinski definition) is 0. The summed E-state index contributed by atoms with van der Waals surface area (Å²) >= 11 is 1.35. The van der Waals surface area contributed by atoms with Crippen LogP contribution in [0.15, 0.2) is 70.6 Å². The Bertz CT molecular complexity index is 1180. The fourth-order valence-electron chi connectivity index (χ4n) is 3.05. The van der Waals surface area contributed by atoms with E-state index < -0.39 is 5.97 Å². The van der Waals surface area contributed by atoms with Gasteiger partial charge in [-0.3, -0.25) is 4.79 Å². The third-order valence-electron chi connectivity index (χ3n) is 4.60. The molecule has 30 heavy (non-hydrogen) atoms. The van der Waals surface area contributed by atoms with Crippen molar-refractivity contribution >= 4 is 23.1 Å². The van der Waals surface area contributed by atoms with E-state index in [0.717, 1.165) is 5.56 Å². The predicted octanol–water partition coefficient (Wildman–Crippen LogP) is 5.10. The molecule has 0 unspecified atom stereocenters. The van der Waals surface area contributed by atoms with Gasteiger partial charge in [0.25, 0.3) is 0 Å². The third kappa shape index (κ3) is 3.62. The predicted molar refractivity (Wildman–Crippen MR) is 113 cm³/mol. The molecule has 4 rings (SSSR count). The molecule has 0 amide bonds. The number of hydrogen-bond acceptors (Lipinski definition) is 7. The zero-order chi connectivity index (χ0) is 21.1. The van der Waals surface area contributed by atoms with Gasteiger partial charge in [-0.1, -0.05) is 23.4 Å². The van der Waals surface area contributed by atoms with Gasteiger partial charge in [0.15, 0.2) is 5.76 Å². The number of benzene rings is 2. The van der Waals surface area contributed by atoms with Crippen LogP contribution in [0.1, 0.15) is 25.6 Å². The van der Waals surface area contributed by atoms with Gasteiger partial charge >= 0.3 is 5.97 Å². The zero-order valence-corrected chi connectivity index (χ0v) is 17.1. The molecular formula is C23H17NO5S. The summed E-state index contributed by atoms with van der Waals surface area (Å²) in [6.07, 6.45) is 0. The summed E-state index contributed by atoms with van der Waals surface area (Å²) in [5, 5.41) is 6.05. The summed E-state index contributed by atoms with van der Waals surface area (Å²) < 4.78 is 15.6. The van der Waals surface area contributed by atoms with Crippen LogP contribution in [-0.4, -0.2) is 31.1 Å². The van der Waals surface area contributed by atoms with E-state index in [4.69, 9.17) is 14.0 Å². The Morgan fingerprint density at radius 1 is 0.933 bits per heavy atom. The van der Waals surface area contributed by atoms with Crippen LogP contribution in [-0.2, 0) is 4.74 Å². The number of rotatable bonds is 6. The first-order valence-corrected chi connectivity index (χ1v) is 9.91. The molecule has 150 valence electrons. The summed E-state index contributed by atoms with van der Waals surface area (Å²) in [6, 6.07) is 17.5. The second-order valence-corrected chi connectivity index (χ2v) is 7.29. The molecule has 2 heterocycles. The lowest BCUT2D eigenvalue weighted by Gasteiger charge is -2.05. The van der Waals surface area contributed by atoms with Crippen LogP contribution in [0.5, 0.6) is 5.75 Å². The third-order valence-corrected chi connectivity index (χ3v) is 5.46. The molecule has 0 aliphatic heterocycles. The first-order valence-electron chi connectivity index (χ1n) is 9.03. The molecule has 0 atom stereocenters. The zero-order valence-electron chi connectivity index (χ0n) is 16.2. The summed E-state index contributed by atoms with van der Waals surface area (Å²) in [6.45, 7) is 0. The van der Waals surface area contributed by atoms with Crippen molar-refractivity contribution < 1.29 is 23.6 Å². The lowest BCUT2D eigenvalue weighted by molar-refractivity contribution is 0.0600. The van der Waals surface area contributed by atoms with E-state index in [9.17, 15) is 9.59 Å². The molecule has 0 aliphatic rings. The van der Waals surface area contributed by atoms with E-state index in [0.29, 0.717) is 38.8 Å². The first kappa shape index (κ1) is 19.6. The Morgan fingerprint density at radius 3 is 2.23 bits per heavy atom. The Morgan fingerprint density at radius 2 is 1.63 bits per heavy atom. The summed E-state index contributed by atoms with van der Waals surface area (Å²) in [5.41, 5.74) is 2.59. The Balaban J connectivity index is 1.83. The molecule has 2 aromatic carbocycles. The average molecular weight is 419 g/mol. The van der Waals surface area contributed by atoms with Crippen molar-refractivity contribution in [1.82, 2.24) is 5.16 Å². The average Bonchev–Trinajstić information content (AvgIpc) is 3.49. The topological polar surface area (TPSA) is 78.6 Å². The van der Waals surface area contributed by atoms with E-state index in [1.165, 1.54) is 18.4 Å². The maximum Gasteiger partial charge on any atom is 0.337 e. The molecule has 0 radical (unpaired) electrons. The van der Waals surface area contributed by atoms with Gasteiger partial charge in [0.1, 0.15) is 11.4 Å². The SMILES string of the molecule is COC(=O)c1ccc(-c2onc(-c3ccc(OC)cc3)c2C(=O)c2cccs2)cc1. The summed E-state index contributed by atoms with van der Waals surface area (Å²) in [7, 11) is 2.92. The molecule has 0 saturated carbocycles. The van der Waals surface area contributed by atoms with Crippen LogP contribution < -0.4 is 4.74 Å². The van der Waals surface area contributed by atoms with Crippen molar-refractivity contribution in [3.05, 3.63) is 82.0 Å². The van der Waals surface area contributed by atoms with Gasteiger partial charge in [0.2, 0.25) is 5.78 Å².